The quantitative estimate of drug-likeness (QED) is 0.765. The number of pyridine rings is 1. The molecule has 1 aliphatic rings. The molecule has 0 radical (unpaired) electrons. The molecule has 3 rings (SSSR count). The van der Waals surface area contributed by atoms with Crippen LogP contribution in [0.1, 0.15) is 11.1 Å². The van der Waals surface area contributed by atoms with Crippen molar-refractivity contribution >= 4 is 21.0 Å². The maximum absolute atomic E-state index is 13.7. The minimum Gasteiger partial charge on any atom is -0.470 e. The Morgan fingerprint density at radius 2 is 1.82 bits per heavy atom. The summed E-state index contributed by atoms with van der Waals surface area (Å²) >= 11 is 0. The van der Waals surface area contributed by atoms with Gasteiger partial charge in [-0.2, -0.15) is 13.2 Å². The number of ether oxygens (including phenoxy) is 1. The van der Waals surface area contributed by atoms with Gasteiger partial charge in [0, 0.05) is 35.4 Å². The van der Waals surface area contributed by atoms with E-state index in [1.165, 1.54) is 48.8 Å². The number of hydrogen-bond donors (Lipinski definition) is 1. The Morgan fingerprint density at radius 3 is 2.32 bits per heavy atom. The fourth-order valence-electron chi connectivity index (χ4n) is 2.82. The Bertz CT molecular complexity index is 1060. The number of hydrogen-bond acceptors (Lipinski definition) is 6. The zero-order valence-corrected chi connectivity index (χ0v) is 15.3. The van der Waals surface area contributed by atoms with E-state index in [-0.39, 0.29) is 27.2 Å². The van der Waals surface area contributed by atoms with Gasteiger partial charge in [-0.3, -0.25) is 4.98 Å². The van der Waals surface area contributed by atoms with Gasteiger partial charge < -0.3 is 4.74 Å². The average molecular weight is 409 g/mol. The van der Waals surface area contributed by atoms with Gasteiger partial charge >= 0.3 is 6.18 Å². The largest absolute Gasteiger partial charge is 0.470 e. The second-order valence-corrected chi connectivity index (χ2v) is 7.99. The molecule has 0 amide bonds. The molecule has 1 atom stereocenters. The van der Waals surface area contributed by atoms with Gasteiger partial charge in [-0.1, -0.05) is 18.2 Å². The van der Waals surface area contributed by atoms with E-state index >= 15 is 0 Å². The second-order valence-electron chi connectivity index (χ2n) is 5.97. The van der Waals surface area contributed by atoms with E-state index in [4.69, 9.17) is 10.3 Å². The molecule has 1 aromatic carbocycles. The first-order valence-electron chi connectivity index (χ1n) is 7.87. The summed E-state index contributed by atoms with van der Waals surface area (Å²) in [6.45, 7) is 0. The molecule has 1 aliphatic heterocycles. The lowest BCUT2D eigenvalue weighted by molar-refractivity contribution is -0.0900. The van der Waals surface area contributed by atoms with E-state index in [1.807, 2.05) is 0 Å². The lowest BCUT2D eigenvalue weighted by Crippen LogP contribution is -2.23. The molecule has 0 saturated heterocycles. The number of alkyl halides is 3. The molecule has 0 fully saturated rings. The minimum absolute atomic E-state index is 0.00197. The fraction of sp³-hybridized carbons (Fsp3) is 0.167. The Kier molecular flexibility index (Phi) is 5.07. The van der Waals surface area contributed by atoms with Crippen LogP contribution in [0.2, 0.25) is 0 Å². The van der Waals surface area contributed by atoms with Crippen LogP contribution in [0.15, 0.2) is 70.6 Å². The summed E-state index contributed by atoms with van der Waals surface area (Å²) in [6, 6.07) is 8.24. The van der Waals surface area contributed by atoms with E-state index in [0.29, 0.717) is 6.26 Å². The van der Waals surface area contributed by atoms with Gasteiger partial charge in [-0.15, -0.1) is 5.11 Å². The van der Waals surface area contributed by atoms with E-state index in [2.05, 4.69) is 10.1 Å². The summed E-state index contributed by atoms with van der Waals surface area (Å²) in [6.07, 6.45) is -1.78. The monoisotopic (exact) mass is 409 g/mol. The number of rotatable bonds is 4. The molecule has 2 aromatic rings. The van der Waals surface area contributed by atoms with Gasteiger partial charge in [0.1, 0.15) is 0 Å². The summed E-state index contributed by atoms with van der Waals surface area (Å²) in [5, 5.41) is 3.29. The summed E-state index contributed by atoms with van der Waals surface area (Å²) < 4.78 is 69.3. The minimum atomic E-state index is -4.73. The van der Waals surface area contributed by atoms with E-state index in [9.17, 15) is 21.6 Å². The molecule has 28 heavy (non-hydrogen) atoms. The third-order valence-corrected chi connectivity index (χ3v) is 5.20. The van der Waals surface area contributed by atoms with Crippen LogP contribution in [0.25, 0.3) is 11.1 Å². The average Bonchev–Trinajstić information content (AvgIpc) is 2.66. The van der Waals surface area contributed by atoms with Crippen LogP contribution in [0.3, 0.4) is 0 Å². The van der Waals surface area contributed by atoms with Crippen LogP contribution < -0.4 is 0 Å². The summed E-state index contributed by atoms with van der Waals surface area (Å²) in [5.41, 5.74) is 6.50. The van der Waals surface area contributed by atoms with Crippen molar-refractivity contribution in [1.82, 2.24) is 4.98 Å². The number of aromatic nitrogens is 1. The van der Waals surface area contributed by atoms with Crippen molar-refractivity contribution in [3.05, 3.63) is 71.8 Å². The van der Waals surface area contributed by atoms with Gasteiger partial charge in [-0.05, 0) is 23.8 Å². The molecule has 1 aromatic heterocycles. The molecule has 1 unspecified atom stereocenters. The Labute approximate surface area is 158 Å². The molecule has 146 valence electrons. The van der Waals surface area contributed by atoms with Crippen molar-refractivity contribution < 1.29 is 26.3 Å². The number of halogens is 3. The van der Waals surface area contributed by atoms with Crippen LogP contribution in [-0.2, 0) is 14.6 Å². The molecule has 6 nitrogen and oxygen atoms in total. The first-order chi connectivity index (χ1) is 13.1. The molecular weight excluding hydrogens is 395 g/mol. The van der Waals surface area contributed by atoms with Gasteiger partial charge in [0.25, 0.3) is 0 Å². The van der Waals surface area contributed by atoms with Crippen LogP contribution in [0, 0.1) is 5.53 Å². The third kappa shape index (κ3) is 3.81. The van der Waals surface area contributed by atoms with Crippen LogP contribution in [-0.4, -0.2) is 32.1 Å². The highest BCUT2D eigenvalue weighted by Crippen LogP contribution is 2.45. The van der Waals surface area contributed by atoms with Gasteiger partial charge in [0.15, 0.2) is 9.84 Å². The topological polar surface area (TPSA) is 92.5 Å². The number of sulfone groups is 1. The standard InChI is InChI=1S/C18H14F3N3O3S/c1-28(25,26)13-6-4-11(5-7-13)16-15(12-3-2-8-23-9-12)14(18(19,20)21)10-27-17(16)24-22/h2-10,17,22H,1H3. The third-order valence-electron chi connectivity index (χ3n) is 4.07. The molecule has 1 N–H and O–H groups in total. The van der Waals surface area contributed by atoms with Crippen molar-refractivity contribution in [2.75, 3.05) is 6.26 Å². The zero-order chi connectivity index (χ0) is 20.5. The van der Waals surface area contributed by atoms with Crippen LogP contribution in [0.4, 0.5) is 13.2 Å². The maximum Gasteiger partial charge on any atom is 0.419 e. The van der Waals surface area contributed by atoms with Crippen molar-refractivity contribution in [2.45, 2.75) is 17.3 Å². The summed E-state index contributed by atoms with van der Waals surface area (Å²) in [4.78, 5) is 3.89. The molecule has 0 saturated carbocycles. The molecule has 0 aliphatic carbocycles. The van der Waals surface area contributed by atoms with Gasteiger partial charge in [0.05, 0.1) is 16.7 Å². The SMILES string of the molecule is CS(=O)(=O)c1ccc(C2=C(c3cccnc3)C(C(F)(F)F)=COC2N=N)cc1. The fourth-order valence-corrected chi connectivity index (χ4v) is 3.45. The Hall–Kier alpha value is -3.01. The lowest BCUT2D eigenvalue weighted by atomic mass is 9.88. The Morgan fingerprint density at radius 1 is 1.14 bits per heavy atom. The highest BCUT2D eigenvalue weighted by Gasteiger charge is 2.42. The van der Waals surface area contributed by atoms with E-state index in [1.54, 1.807) is 0 Å². The predicted octanol–water partition coefficient (Wildman–Crippen LogP) is 4.23. The van der Waals surface area contributed by atoms with Crippen molar-refractivity contribution in [2.24, 2.45) is 5.11 Å². The molecule has 2 heterocycles. The highest BCUT2D eigenvalue weighted by molar-refractivity contribution is 7.90. The second kappa shape index (κ2) is 7.19. The van der Waals surface area contributed by atoms with Crippen molar-refractivity contribution in [1.29, 1.82) is 5.53 Å². The van der Waals surface area contributed by atoms with Gasteiger partial charge in [-0.25, -0.2) is 13.9 Å². The van der Waals surface area contributed by atoms with Crippen molar-refractivity contribution in [3.63, 3.8) is 0 Å². The van der Waals surface area contributed by atoms with Crippen molar-refractivity contribution in [3.8, 4) is 0 Å². The Balaban J connectivity index is 2.30. The summed E-state index contributed by atoms with van der Waals surface area (Å²) in [5.74, 6) is 0. The first-order valence-corrected chi connectivity index (χ1v) is 9.77. The summed E-state index contributed by atoms with van der Waals surface area (Å²) in [7, 11) is -3.48. The van der Waals surface area contributed by atoms with E-state index in [0.717, 1.165) is 6.26 Å². The van der Waals surface area contributed by atoms with Gasteiger partial charge in [0.2, 0.25) is 6.23 Å². The van der Waals surface area contributed by atoms with E-state index < -0.39 is 27.8 Å². The smallest absolute Gasteiger partial charge is 0.419 e. The first kappa shape index (κ1) is 19.7. The molecule has 10 heteroatoms. The highest BCUT2D eigenvalue weighted by atomic mass is 32.2. The molecular formula is C18H14F3N3O3S. The lowest BCUT2D eigenvalue weighted by Gasteiger charge is -2.27. The predicted molar refractivity (Wildman–Crippen MR) is 94.8 cm³/mol. The number of nitrogens with one attached hydrogen (secondary N) is 1. The zero-order valence-electron chi connectivity index (χ0n) is 14.4. The normalized spacial score (nSPS) is 17.7. The molecule has 0 bridgehead atoms. The maximum atomic E-state index is 13.7. The number of nitrogens with zero attached hydrogens (tertiary/aromatic N) is 2. The molecule has 0 spiro atoms. The number of benzene rings is 1. The number of allylic oxidation sites excluding steroid dienone is 2. The van der Waals surface area contributed by atoms with Crippen LogP contribution >= 0.6 is 0 Å². The van der Waals surface area contributed by atoms with Crippen LogP contribution in [0.5, 0.6) is 0 Å².